The van der Waals surface area contributed by atoms with Crippen molar-refractivity contribution in [2.45, 2.75) is 18.9 Å². The summed E-state index contributed by atoms with van der Waals surface area (Å²) in [4.78, 5) is 19.3. The molecule has 2 heterocycles. The van der Waals surface area contributed by atoms with Crippen LogP contribution in [-0.4, -0.2) is 53.9 Å². The summed E-state index contributed by atoms with van der Waals surface area (Å²) in [6.45, 7) is 1.69. The molecular weight excluding hydrogens is 282 g/mol. The number of amides is 1. The van der Waals surface area contributed by atoms with Gasteiger partial charge in [-0.3, -0.25) is 4.79 Å². The summed E-state index contributed by atoms with van der Waals surface area (Å²) in [5.74, 6) is 0.105. The van der Waals surface area contributed by atoms with E-state index in [0.29, 0.717) is 11.7 Å². The molecule has 94 valence electrons. The zero-order valence-corrected chi connectivity index (χ0v) is 11.8. The van der Waals surface area contributed by atoms with Crippen molar-refractivity contribution in [1.82, 2.24) is 14.8 Å². The standard InChI is InChI=1S/C12H18BrN3O/c1-15(2)10-3-5-16(6-4-10)12(17)11-7-9(13)8-14-11/h7-8,10,14H,3-6H2,1-2H3. The molecule has 0 unspecified atom stereocenters. The first-order chi connectivity index (χ1) is 8.08. The van der Waals surface area contributed by atoms with Gasteiger partial charge in [-0.2, -0.15) is 0 Å². The summed E-state index contributed by atoms with van der Waals surface area (Å²) in [6, 6.07) is 2.44. The molecule has 0 aliphatic carbocycles. The minimum Gasteiger partial charge on any atom is -0.356 e. The molecule has 1 fully saturated rings. The number of hydrogen-bond acceptors (Lipinski definition) is 2. The van der Waals surface area contributed by atoms with E-state index in [1.807, 2.05) is 11.0 Å². The predicted octanol–water partition coefficient (Wildman–Crippen LogP) is 1.94. The number of H-pyrrole nitrogens is 1. The van der Waals surface area contributed by atoms with Gasteiger partial charge >= 0.3 is 0 Å². The van der Waals surface area contributed by atoms with E-state index in [9.17, 15) is 4.79 Å². The number of likely N-dealkylation sites (tertiary alicyclic amines) is 1. The third kappa shape index (κ3) is 2.90. The van der Waals surface area contributed by atoms with Crippen molar-refractivity contribution in [1.29, 1.82) is 0 Å². The lowest BCUT2D eigenvalue weighted by Gasteiger charge is -2.35. The first-order valence-electron chi connectivity index (χ1n) is 5.87. The summed E-state index contributed by atoms with van der Waals surface area (Å²) < 4.78 is 0.920. The molecule has 2 rings (SSSR count). The van der Waals surface area contributed by atoms with Crippen molar-refractivity contribution in [3.8, 4) is 0 Å². The van der Waals surface area contributed by atoms with Gasteiger partial charge in [-0.05, 0) is 48.9 Å². The Morgan fingerprint density at radius 1 is 1.47 bits per heavy atom. The fourth-order valence-corrected chi connectivity index (χ4v) is 2.59. The van der Waals surface area contributed by atoms with Crippen LogP contribution in [0.5, 0.6) is 0 Å². The van der Waals surface area contributed by atoms with Crippen molar-refractivity contribution < 1.29 is 4.79 Å². The van der Waals surface area contributed by atoms with Crippen LogP contribution >= 0.6 is 15.9 Å². The van der Waals surface area contributed by atoms with E-state index in [1.165, 1.54) is 0 Å². The average molecular weight is 300 g/mol. The lowest BCUT2D eigenvalue weighted by atomic mass is 10.0. The van der Waals surface area contributed by atoms with E-state index in [-0.39, 0.29) is 5.91 Å². The van der Waals surface area contributed by atoms with E-state index >= 15 is 0 Å². The monoisotopic (exact) mass is 299 g/mol. The Morgan fingerprint density at radius 2 is 2.12 bits per heavy atom. The van der Waals surface area contributed by atoms with Gasteiger partial charge in [0.15, 0.2) is 0 Å². The number of hydrogen-bond donors (Lipinski definition) is 1. The van der Waals surface area contributed by atoms with Crippen molar-refractivity contribution in [2.75, 3.05) is 27.2 Å². The second-order valence-electron chi connectivity index (χ2n) is 4.72. The summed E-state index contributed by atoms with van der Waals surface area (Å²) in [5.41, 5.74) is 0.667. The largest absolute Gasteiger partial charge is 0.356 e. The molecule has 0 atom stereocenters. The van der Waals surface area contributed by atoms with Crippen LogP contribution in [-0.2, 0) is 0 Å². The van der Waals surface area contributed by atoms with E-state index in [2.05, 4.69) is 39.9 Å². The highest BCUT2D eigenvalue weighted by atomic mass is 79.9. The van der Waals surface area contributed by atoms with E-state index < -0.39 is 0 Å². The summed E-state index contributed by atoms with van der Waals surface area (Å²) in [5, 5.41) is 0. The Labute approximate surface area is 110 Å². The fourth-order valence-electron chi connectivity index (χ4n) is 2.25. The molecule has 5 heteroatoms. The van der Waals surface area contributed by atoms with Gasteiger partial charge in [0.25, 0.3) is 5.91 Å². The molecule has 1 aliphatic rings. The number of aromatic nitrogens is 1. The first kappa shape index (κ1) is 12.6. The zero-order valence-electron chi connectivity index (χ0n) is 10.2. The van der Waals surface area contributed by atoms with Gasteiger partial charge in [0.2, 0.25) is 0 Å². The molecule has 0 saturated carbocycles. The highest BCUT2D eigenvalue weighted by molar-refractivity contribution is 9.10. The van der Waals surface area contributed by atoms with Crippen LogP contribution in [0.15, 0.2) is 16.7 Å². The molecule has 0 radical (unpaired) electrons. The minimum absolute atomic E-state index is 0.105. The molecule has 1 aromatic heterocycles. The average Bonchev–Trinajstić information content (AvgIpc) is 2.75. The fraction of sp³-hybridized carbons (Fsp3) is 0.583. The van der Waals surface area contributed by atoms with E-state index in [4.69, 9.17) is 0 Å². The lowest BCUT2D eigenvalue weighted by Crippen LogP contribution is -2.44. The van der Waals surface area contributed by atoms with Crippen molar-refractivity contribution >= 4 is 21.8 Å². The van der Waals surface area contributed by atoms with E-state index in [1.54, 1.807) is 6.20 Å². The molecule has 4 nitrogen and oxygen atoms in total. The van der Waals surface area contributed by atoms with Crippen LogP contribution in [0.4, 0.5) is 0 Å². The summed E-state index contributed by atoms with van der Waals surface area (Å²) >= 11 is 3.34. The highest BCUT2D eigenvalue weighted by Crippen LogP contribution is 2.18. The number of carbonyl (C=O) groups is 1. The minimum atomic E-state index is 0.105. The van der Waals surface area contributed by atoms with Gasteiger partial charge in [-0.1, -0.05) is 0 Å². The Hall–Kier alpha value is -0.810. The molecule has 1 aliphatic heterocycles. The van der Waals surface area contributed by atoms with Gasteiger partial charge in [0, 0.05) is 29.8 Å². The quantitative estimate of drug-likeness (QED) is 0.906. The highest BCUT2D eigenvalue weighted by Gasteiger charge is 2.25. The third-order valence-electron chi connectivity index (χ3n) is 3.36. The number of halogens is 1. The summed E-state index contributed by atoms with van der Waals surface area (Å²) in [7, 11) is 4.20. The molecule has 1 N–H and O–H groups in total. The van der Waals surface area contributed by atoms with Crippen LogP contribution in [0, 0.1) is 0 Å². The molecule has 0 aromatic carbocycles. The molecule has 1 saturated heterocycles. The Kier molecular flexibility index (Phi) is 3.89. The number of carbonyl (C=O) groups excluding carboxylic acids is 1. The van der Waals surface area contributed by atoms with Crippen LogP contribution < -0.4 is 0 Å². The molecule has 0 bridgehead atoms. The SMILES string of the molecule is CN(C)C1CCN(C(=O)c2cc(Br)c[nH]2)CC1. The Morgan fingerprint density at radius 3 is 2.59 bits per heavy atom. The van der Waals surface area contributed by atoms with Gasteiger partial charge in [-0.25, -0.2) is 0 Å². The van der Waals surface area contributed by atoms with Crippen LogP contribution in [0.3, 0.4) is 0 Å². The van der Waals surface area contributed by atoms with Gasteiger partial charge < -0.3 is 14.8 Å². The topological polar surface area (TPSA) is 39.3 Å². The lowest BCUT2D eigenvalue weighted by molar-refractivity contribution is 0.0658. The number of nitrogens with zero attached hydrogens (tertiary/aromatic N) is 2. The molecular formula is C12H18BrN3O. The van der Waals surface area contributed by atoms with Crippen LogP contribution in [0.2, 0.25) is 0 Å². The maximum absolute atomic E-state index is 12.1. The van der Waals surface area contributed by atoms with Crippen molar-refractivity contribution in [3.05, 3.63) is 22.4 Å². The van der Waals surface area contributed by atoms with Gasteiger partial charge in [0.1, 0.15) is 5.69 Å². The van der Waals surface area contributed by atoms with Crippen molar-refractivity contribution in [3.63, 3.8) is 0 Å². The zero-order chi connectivity index (χ0) is 12.4. The first-order valence-corrected chi connectivity index (χ1v) is 6.67. The number of nitrogens with one attached hydrogen (secondary N) is 1. The van der Waals surface area contributed by atoms with Crippen LogP contribution in [0.25, 0.3) is 0 Å². The summed E-state index contributed by atoms with van der Waals surface area (Å²) in [6.07, 6.45) is 3.90. The second kappa shape index (κ2) is 5.23. The number of aromatic amines is 1. The van der Waals surface area contributed by atoms with Gasteiger partial charge in [-0.15, -0.1) is 0 Å². The Balaban J connectivity index is 1.95. The normalized spacial score (nSPS) is 17.8. The second-order valence-corrected chi connectivity index (χ2v) is 5.63. The molecule has 17 heavy (non-hydrogen) atoms. The molecule has 1 aromatic rings. The van der Waals surface area contributed by atoms with Gasteiger partial charge in [0.05, 0.1) is 0 Å². The Bertz CT molecular complexity index is 394. The maximum Gasteiger partial charge on any atom is 0.270 e. The number of piperidine rings is 1. The number of rotatable bonds is 2. The van der Waals surface area contributed by atoms with E-state index in [0.717, 1.165) is 30.4 Å². The molecule has 1 amide bonds. The predicted molar refractivity (Wildman–Crippen MR) is 71.1 cm³/mol. The smallest absolute Gasteiger partial charge is 0.270 e. The third-order valence-corrected chi connectivity index (χ3v) is 3.82. The van der Waals surface area contributed by atoms with Crippen molar-refractivity contribution in [2.24, 2.45) is 0 Å². The van der Waals surface area contributed by atoms with Crippen LogP contribution in [0.1, 0.15) is 23.3 Å². The maximum atomic E-state index is 12.1. The molecule has 0 spiro atoms.